The van der Waals surface area contributed by atoms with Gasteiger partial charge in [-0.25, -0.2) is 0 Å². The number of fused-ring (bicyclic) bond motifs is 4. The number of ether oxygens (including phenoxy) is 4. The van der Waals surface area contributed by atoms with E-state index in [9.17, 15) is 19.2 Å². The molecule has 0 saturated heterocycles. The Kier molecular flexibility index (Phi) is 9.58. The molecule has 12 heteroatoms. The monoisotopic (exact) mass is 672 g/mol. The van der Waals surface area contributed by atoms with Gasteiger partial charge < -0.3 is 38.5 Å². The first-order valence-electron chi connectivity index (χ1n) is 17.0. The number of benzene rings is 2. The van der Waals surface area contributed by atoms with Crippen LogP contribution in [0.15, 0.2) is 47.8 Å². The molecule has 0 bridgehead atoms. The van der Waals surface area contributed by atoms with Crippen LogP contribution in [0.25, 0.3) is 0 Å². The summed E-state index contributed by atoms with van der Waals surface area (Å²) in [6.07, 6.45) is 7.40. The summed E-state index contributed by atoms with van der Waals surface area (Å²) in [5, 5.41) is 0. The Morgan fingerprint density at radius 1 is 0.673 bits per heavy atom. The lowest BCUT2D eigenvalue weighted by atomic mass is 10.1. The number of rotatable bonds is 12. The van der Waals surface area contributed by atoms with Crippen LogP contribution in [-0.2, 0) is 9.59 Å². The van der Waals surface area contributed by atoms with Crippen LogP contribution in [0.5, 0.6) is 23.0 Å². The van der Waals surface area contributed by atoms with Crippen molar-refractivity contribution < 1.29 is 38.1 Å². The Balaban J connectivity index is 1.18. The zero-order chi connectivity index (χ0) is 35.0. The first kappa shape index (κ1) is 33.9. The molecule has 4 aliphatic rings. The molecule has 6 rings (SSSR count). The van der Waals surface area contributed by atoms with Crippen LogP contribution in [-0.4, -0.2) is 86.5 Å². The van der Waals surface area contributed by atoms with Gasteiger partial charge in [0, 0.05) is 44.5 Å². The van der Waals surface area contributed by atoms with Gasteiger partial charge in [0.2, 0.25) is 5.91 Å². The molecule has 0 aliphatic carbocycles. The lowest BCUT2D eigenvalue weighted by Crippen LogP contribution is -2.44. The third-order valence-electron chi connectivity index (χ3n) is 9.70. The van der Waals surface area contributed by atoms with E-state index in [4.69, 9.17) is 18.9 Å². The first-order chi connectivity index (χ1) is 23.6. The van der Waals surface area contributed by atoms with Crippen LogP contribution in [0.4, 0.5) is 11.4 Å². The maximum absolute atomic E-state index is 13.7. The van der Waals surface area contributed by atoms with E-state index in [2.05, 4.69) is 0 Å². The lowest BCUT2D eigenvalue weighted by Gasteiger charge is -2.26. The summed E-state index contributed by atoms with van der Waals surface area (Å²) in [7, 11) is 4.69. The first-order valence-corrected chi connectivity index (χ1v) is 17.0. The summed E-state index contributed by atoms with van der Waals surface area (Å²) in [6, 6.07) is 5.55. The smallest absolute Gasteiger partial charge is 0.260 e. The minimum absolute atomic E-state index is 0.107. The highest BCUT2D eigenvalue weighted by Crippen LogP contribution is 2.42. The molecular weight excluding hydrogens is 628 g/mol. The summed E-state index contributed by atoms with van der Waals surface area (Å²) >= 11 is 0. The quantitative estimate of drug-likeness (QED) is 0.279. The highest BCUT2D eigenvalue weighted by molar-refractivity contribution is 6.13. The van der Waals surface area contributed by atoms with E-state index in [1.165, 1.54) is 24.0 Å². The second-order valence-corrected chi connectivity index (χ2v) is 12.6. The minimum atomic E-state index is -0.564. The molecule has 12 nitrogen and oxygen atoms in total. The van der Waals surface area contributed by atoms with Gasteiger partial charge in [0.1, 0.15) is 12.1 Å². The summed E-state index contributed by atoms with van der Waals surface area (Å²) in [5.41, 5.74) is 3.86. The van der Waals surface area contributed by atoms with Gasteiger partial charge in [0.15, 0.2) is 23.0 Å². The van der Waals surface area contributed by atoms with Crippen molar-refractivity contribution >= 4 is 35.0 Å². The summed E-state index contributed by atoms with van der Waals surface area (Å²) in [4.78, 5) is 60.7. The Morgan fingerprint density at radius 3 is 1.65 bits per heavy atom. The van der Waals surface area contributed by atoms with E-state index in [1.54, 1.807) is 47.3 Å². The number of nitrogens with zero attached hydrogens (tertiary/aromatic N) is 4. The topological polar surface area (TPSA) is 118 Å². The average Bonchev–Trinajstić information content (AvgIpc) is 3.74. The molecule has 0 spiro atoms. The second kappa shape index (κ2) is 13.9. The molecule has 0 aromatic heterocycles. The Hall–Kier alpha value is -5.00. The highest BCUT2D eigenvalue weighted by Gasteiger charge is 2.43. The second-order valence-electron chi connectivity index (χ2n) is 12.6. The fourth-order valence-corrected chi connectivity index (χ4v) is 6.94. The SMILES string of the molecule is CCCN1C(=O)C2CC(CC)=CN2C(=O)c2cc(OC)c(OCCCOc3cc4c(cc3OC)C(=O)N3C=C(CC)CC3C(=O)N4C)cc21. The number of carbonyl (C=O) groups excluding carboxylic acids is 4. The van der Waals surface area contributed by atoms with Crippen molar-refractivity contribution in [3.05, 3.63) is 58.9 Å². The molecule has 4 aliphatic heterocycles. The van der Waals surface area contributed by atoms with Crippen LogP contribution in [0.2, 0.25) is 0 Å². The molecule has 0 fully saturated rings. The van der Waals surface area contributed by atoms with Crippen LogP contribution < -0.4 is 28.7 Å². The number of methoxy groups -OCH3 is 2. The van der Waals surface area contributed by atoms with Crippen molar-refractivity contribution in [3.63, 3.8) is 0 Å². The zero-order valence-corrected chi connectivity index (χ0v) is 29.0. The van der Waals surface area contributed by atoms with Crippen molar-refractivity contribution in [1.82, 2.24) is 9.80 Å². The number of likely N-dealkylation sites (N-methyl/N-ethyl adjacent to an activating group) is 1. The van der Waals surface area contributed by atoms with Gasteiger partial charge in [-0.3, -0.25) is 19.2 Å². The fraction of sp³-hybridized carbons (Fsp3) is 0.459. The van der Waals surface area contributed by atoms with Gasteiger partial charge in [-0.15, -0.1) is 0 Å². The van der Waals surface area contributed by atoms with Gasteiger partial charge in [-0.1, -0.05) is 31.9 Å². The van der Waals surface area contributed by atoms with Gasteiger partial charge in [0.05, 0.1) is 49.9 Å². The third-order valence-corrected chi connectivity index (χ3v) is 9.70. The molecule has 260 valence electrons. The lowest BCUT2D eigenvalue weighted by molar-refractivity contribution is -0.122. The predicted octanol–water partition coefficient (Wildman–Crippen LogP) is 5.30. The van der Waals surface area contributed by atoms with Gasteiger partial charge >= 0.3 is 0 Å². The molecule has 2 atom stereocenters. The Bertz CT molecular complexity index is 1750. The minimum Gasteiger partial charge on any atom is -0.493 e. The molecule has 2 aromatic carbocycles. The van der Waals surface area contributed by atoms with E-state index in [0.717, 1.165) is 30.4 Å². The third kappa shape index (κ3) is 5.97. The molecule has 0 radical (unpaired) electrons. The van der Waals surface area contributed by atoms with E-state index in [-0.39, 0.29) is 36.8 Å². The van der Waals surface area contributed by atoms with Crippen molar-refractivity contribution in [2.45, 2.75) is 71.4 Å². The van der Waals surface area contributed by atoms with Crippen LogP contribution in [0.1, 0.15) is 80.0 Å². The average molecular weight is 673 g/mol. The van der Waals surface area contributed by atoms with Crippen molar-refractivity contribution in [3.8, 4) is 23.0 Å². The van der Waals surface area contributed by atoms with E-state index >= 15 is 0 Å². The number of amides is 4. The summed E-state index contributed by atoms with van der Waals surface area (Å²) < 4.78 is 23.5. The highest BCUT2D eigenvalue weighted by atomic mass is 16.5. The van der Waals surface area contributed by atoms with Gasteiger partial charge in [-0.05, 0) is 44.2 Å². The Morgan fingerprint density at radius 2 is 1.16 bits per heavy atom. The number of carbonyl (C=O) groups is 4. The number of hydrogen-bond donors (Lipinski definition) is 0. The number of hydrogen-bond acceptors (Lipinski definition) is 8. The fourth-order valence-electron chi connectivity index (χ4n) is 6.94. The molecule has 0 N–H and O–H groups in total. The summed E-state index contributed by atoms with van der Waals surface area (Å²) in [6.45, 7) is 6.99. The van der Waals surface area contributed by atoms with Crippen LogP contribution in [0.3, 0.4) is 0 Å². The van der Waals surface area contributed by atoms with E-state index < -0.39 is 12.1 Å². The standard InChI is InChI=1S/C37H44N4O8/c1-7-11-39-27-19-33(31(47-6)17-25(27)35(43)41-21-23(9-3)15-29(41)37(39)45)49-13-10-12-48-32-18-26-24(16-30(32)46-5)34(42)40-20-22(8-2)14-28(40)36(44)38(26)4/h16-21,28-29H,7-15H2,1-6H3. The molecule has 0 saturated carbocycles. The van der Waals surface area contributed by atoms with Crippen molar-refractivity contribution in [2.24, 2.45) is 0 Å². The van der Waals surface area contributed by atoms with Crippen molar-refractivity contribution in [2.75, 3.05) is 50.8 Å². The largest absolute Gasteiger partial charge is 0.493 e. The van der Waals surface area contributed by atoms with Crippen LogP contribution >= 0.6 is 0 Å². The van der Waals surface area contributed by atoms with Gasteiger partial charge in [-0.2, -0.15) is 0 Å². The maximum atomic E-state index is 13.7. The Labute approximate surface area is 286 Å². The van der Waals surface area contributed by atoms with Crippen LogP contribution in [0, 0.1) is 0 Å². The summed E-state index contributed by atoms with van der Waals surface area (Å²) in [5.74, 6) is 0.829. The van der Waals surface area contributed by atoms with Gasteiger partial charge in [0.25, 0.3) is 17.7 Å². The maximum Gasteiger partial charge on any atom is 0.260 e. The molecule has 2 unspecified atom stereocenters. The molecular formula is C37H44N4O8. The van der Waals surface area contributed by atoms with Crippen molar-refractivity contribution in [1.29, 1.82) is 0 Å². The predicted molar refractivity (Wildman–Crippen MR) is 184 cm³/mol. The molecule has 2 aromatic rings. The molecule has 4 heterocycles. The van der Waals surface area contributed by atoms with E-state index in [1.807, 2.05) is 27.0 Å². The normalized spacial score (nSPS) is 19.9. The number of anilines is 2. The molecule has 49 heavy (non-hydrogen) atoms. The van der Waals surface area contributed by atoms with E-state index in [0.29, 0.717) is 71.3 Å². The molecule has 4 amide bonds. The zero-order valence-electron chi connectivity index (χ0n) is 29.0.